The van der Waals surface area contributed by atoms with Crippen molar-refractivity contribution in [3.8, 4) is 11.8 Å². The van der Waals surface area contributed by atoms with Gasteiger partial charge in [-0.15, -0.1) is 8.75 Å². The number of morpholine rings is 2. The van der Waals surface area contributed by atoms with Crippen LogP contribution in [0.1, 0.15) is 104 Å². The summed E-state index contributed by atoms with van der Waals surface area (Å²) in [6.45, 7) is 34.7. The average molecular weight is 951 g/mol. The van der Waals surface area contributed by atoms with E-state index in [9.17, 15) is 19.5 Å². The molecule has 2 aromatic heterocycles. The fourth-order valence-corrected chi connectivity index (χ4v) is 5.92. The molecule has 2 aromatic rings. The van der Waals surface area contributed by atoms with Crippen LogP contribution in [0.4, 0.5) is 26.0 Å². The van der Waals surface area contributed by atoms with Gasteiger partial charge in [-0.05, 0) is 104 Å². The van der Waals surface area contributed by atoms with E-state index in [-0.39, 0.29) is 24.3 Å². The van der Waals surface area contributed by atoms with Gasteiger partial charge in [0.15, 0.2) is 6.10 Å². The number of aromatic nitrogens is 4. The Labute approximate surface area is 387 Å². The third-order valence-corrected chi connectivity index (χ3v) is 8.65. The monoisotopic (exact) mass is 950 g/mol. The molecule has 0 aromatic carbocycles. The van der Waals surface area contributed by atoms with Crippen LogP contribution in [0.5, 0.6) is 11.8 Å². The second-order valence-electron chi connectivity index (χ2n) is 19.8. The summed E-state index contributed by atoms with van der Waals surface area (Å²) in [5.74, 6) is 2.39. The Balaban J connectivity index is 0.000000347. The van der Waals surface area contributed by atoms with Crippen molar-refractivity contribution in [2.75, 3.05) is 88.7 Å². The summed E-state index contributed by atoms with van der Waals surface area (Å²) < 4.78 is 63.8. The number of ether oxygens (including phenoxy) is 9. The number of aliphatic hydroxyl groups is 1. The SMILES string of the molecule is CC(C)(C)NC[C@@H](COc1nsnc1N1CCOCC1)OC(=O)OC(C)(C)C.CC(C)(C)NC[C@H](O)COc1nsnc1N1CCOCC1.CC(C)(C)OC(=O)OC(=O)OC(C)(C)C. The molecule has 2 fully saturated rings. The predicted molar refractivity (Wildman–Crippen MR) is 243 cm³/mol. The summed E-state index contributed by atoms with van der Waals surface area (Å²) >= 11 is 2.22. The lowest BCUT2D eigenvalue weighted by Gasteiger charge is -2.28. The lowest BCUT2D eigenvalue weighted by molar-refractivity contribution is -0.0365. The molecule has 4 heterocycles. The molecule has 21 nitrogen and oxygen atoms in total. The second kappa shape index (κ2) is 25.7. The van der Waals surface area contributed by atoms with Crippen LogP contribution in [-0.2, 0) is 33.2 Å². The fourth-order valence-electron chi connectivity index (χ4n) is 4.87. The minimum atomic E-state index is -1.06. The van der Waals surface area contributed by atoms with E-state index in [2.05, 4.69) is 63.4 Å². The Morgan fingerprint density at radius 1 is 0.594 bits per heavy atom. The Bertz CT molecular complexity index is 1640. The smallest absolute Gasteiger partial charge is 0.472 e. The molecule has 4 rings (SSSR count). The average Bonchev–Trinajstić information content (AvgIpc) is 3.82. The number of carbonyl (C=O) groups is 3. The molecular formula is C41H74N8O13S2. The number of anilines is 2. The molecule has 2 aliphatic rings. The zero-order valence-electron chi connectivity index (χ0n) is 40.5. The quantitative estimate of drug-likeness (QED) is 0.122. The number of carbonyl (C=O) groups excluding carboxylic acids is 3. The number of β-amino-alcohol motifs (C(OH)–C–C–N with tert-alkyl or cyclic N) is 1. The van der Waals surface area contributed by atoms with Gasteiger partial charge in [0.2, 0.25) is 11.6 Å². The van der Waals surface area contributed by atoms with Crippen LogP contribution >= 0.6 is 23.5 Å². The van der Waals surface area contributed by atoms with Gasteiger partial charge in [0.05, 0.1) is 49.9 Å². The predicted octanol–water partition coefficient (Wildman–Crippen LogP) is 5.84. The van der Waals surface area contributed by atoms with Gasteiger partial charge in [-0.25, -0.2) is 14.4 Å². The molecule has 2 aliphatic heterocycles. The third-order valence-electron chi connectivity index (χ3n) is 7.65. The summed E-state index contributed by atoms with van der Waals surface area (Å²) in [5.41, 5.74) is -2.17. The maximum atomic E-state index is 12.1. The van der Waals surface area contributed by atoms with Gasteiger partial charge < -0.3 is 68.2 Å². The molecule has 0 saturated carbocycles. The van der Waals surface area contributed by atoms with Crippen LogP contribution in [-0.4, -0.2) is 160 Å². The zero-order valence-corrected chi connectivity index (χ0v) is 42.1. The molecule has 3 N–H and O–H groups in total. The first-order valence-electron chi connectivity index (χ1n) is 21.3. The molecule has 0 radical (unpaired) electrons. The highest BCUT2D eigenvalue weighted by molar-refractivity contribution is 6.99. The third kappa shape index (κ3) is 26.2. The van der Waals surface area contributed by atoms with Crippen LogP contribution in [0.2, 0.25) is 0 Å². The van der Waals surface area contributed by atoms with Gasteiger partial charge in [0.25, 0.3) is 11.8 Å². The largest absolute Gasteiger partial charge is 0.519 e. The minimum absolute atomic E-state index is 0.0257. The van der Waals surface area contributed by atoms with E-state index in [0.717, 1.165) is 55.5 Å². The van der Waals surface area contributed by atoms with E-state index in [0.29, 0.717) is 57.1 Å². The first-order chi connectivity index (χ1) is 29.5. The van der Waals surface area contributed by atoms with E-state index in [4.69, 9.17) is 37.9 Å². The topological polar surface area (TPSA) is 237 Å². The van der Waals surface area contributed by atoms with E-state index in [1.165, 1.54) is 0 Å². The highest BCUT2D eigenvalue weighted by atomic mass is 32.1. The maximum Gasteiger partial charge on any atom is 0.519 e. The molecule has 2 saturated heterocycles. The number of aliphatic hydroxyl groups excluding tert-OH is 1. The summed E-state index contributed by atoms with van der Waals surface area (Å²) in [5, 5.41) is 16.5. The van der Waals surface area contributed by atoms with Gasteiger partial charge in [0, 0.05) is 50.3 Å². The van der Waals surface area contributed by atoms with E-state index >= 15 is 0 Å². The van der Waals surface area contributed by atoms with Gasteiger partial charge in [-0.2, -0.15) is 8.75 Å². The van der Waals surface area contributed by atoms with Crippen LogP contribution in [0.25, 0.3) is 0 Å². The highest BCUT2D eigenvalue weighted by Crippen LogP contribution is 2.28. The van der Waals surface area contributed by atoms with Gasteiger partial charge in [-0.1, -0.05) is 0 Å². The van der Waals surface area contributed by atoms with Gasteiger partial charge in [0.1, 0.15) is 36.1 Å². The van der Waals surface area contributed by atoms with Crippen molar-refractivity contribution in [2.45, 2.75) is 144 Å². The lowest BCUT2D eigenvalue weighted by atomic mass is 10.1. The van der Waals surface area contributed by atoms with Crippen LogP contribution in [0, 0.1) is 0 Å². The number of nitrogens with one attached hydrogen (secondary N) is 2. The Hall–Kier alpha value is -3.87. The minimum Gasteiger partial charge on any atom is -0.472 e. The van der Waals surface area contributed by atoms with E-state index in [1.807, 2.05) is 20.8 Å². The van der Waals surface area contributed by atoms with Gasteiger partial charge in [-0.3, -0.25) is 0 Å². The van der Waals surface area contributed by atoms with Crippen molar-refractivity contribution in [1.29, 1.82) is 0 Å². The van der Waals surface area contributed by atoms with Crippen LogP contribution in [0.15, 0.2) is 0 Å². The Morgan fingerprint density at radius 3 is 1.36 bits per heavy atom. The van der Waals surface area contributed by atoms with Gasteiger partial charge >= 0.3 is 18.5 Å². The Morgan fingerprint density at radius 2 is 0.969 bits per heavy atom. The molecule has 0 bridgehead atoms. The first-order valence-corrected chi connectivity index (χ1v) is 22.7. The first kappa shape index (κ1) is 56.3. The number of hydrogen-bond acceptors (Lipinski definition) is 23. The molecule has 0 unspecified atom stereocenters. The zero-order chi connectivity index (χ0) is 48.4. The molecule has 0 aliphatic carbocycles. The van der Waals surface area contributed by atoms with Crippen molar-refractivity contribution >= 4 is 53.6 Å². The molecule has 0 amide bonds. The number of hydrogen-bond donors (Lipinski definition) is 3. The molecule has 2 atom stereocenters. The Kier molecular flexibility index (Phi) is 22.6. The summed E-state index contributed by atoms with van der Waals surface area (Å²) in [6.07, 6.45) is -3.95. The highest BCUT2D eigenvalue weighted by Gasteiger charge is 2.27. The lowest BCUT2D eigenvalue weighted by Crippen LogP contribution is -2.44. The van der Waals surface area contributed by atoms with E-state index < -0.39 is 47.5 Å². The summed E-state index contributed by atoms with van der Waals surface area (Å²) in [4.78, 5) is 38.3. The van der Waals surface area contributed by atoms with Crippen LogP contribution in [0.3, 0.4) is 0 Å². The molecule has 368 valence electrons. The second-order valence-corrected chi connectivity index (χ2v) is 20.8. The normalized spacial score (nSPS) is 15.9. The standard InChI is InChI=1S/C18H32N4O5S.C13H24N4O3S.C10H18O5/c1-17(2,3)19-11-13(26-16(23)27-18(4,5)6)12-25-15-14(20-28-21-15)22-7-9-24-10-8-22;1-13(2,3)14-8-10(18)9-20-12-11(15-21-16-12)17-4-6-19-7-5-17;1-9(2,3)14-7(11)13-8(12)15-10(4,5)6/h13,19H,7-12H2,1-6H3;10,14,18H,4-9H2,1-3H3;1-6H3/t13-;10-;/m00./s1. The van der Waals surface area contributed by atoms with Crippen molar-refractivity contribution in [1.82, 2.24) is 28.1 Å². The molecule has 64 heavy (non-hydrogen) atoms. The van der Waals surface area contributed by atoms with Crippen molar-refractivity contribution in [3.63, 3.8) is 0 Å². The molecular weight excluding hydrogens is 877 g/mol. The number of nitrogens with zero attached hydrogens (tertiary/aromatic N) is 6. The van der Waals surface area contributed by atoms with Crippen molar-refractivity contribution in [2.24, 2.45) is 0 Å². The summed E-state index contributed by atoms with van der Waals surface area (Å²) in [7, 11) is 0. The van der Waals surface area contributed by atoms with Crippen molar-refractivity contribution in [3.05, 3.63) is 0 Å². The maximum absolute atomic E-state index is 12.1. The van der Waals surface area contributed by atoms with Crippen molar-refractivity contribution < 1.29 is 62.1 Å². The van der Waals surface area contributed by atoms with E-state index in [1.54, 1.807) is 62.3 Å². The molecule has 0 spiro atoms. The number of rotatable bonds is 13. The van der Waals surface area contributed by atoms with Crippen LogP contribution < -0.4 is 29.9 Å². The fraction of sp³-hybridized carbons (Fsp3) is 0.829. The molecule has 23 heteroatoms. The summed E-state index contributed by atoms with van der Waals surface area (Å²) in [6, 6.07) is 0.